The van der Waals surface area contributed by atoms with E-state index in [1.165, 1.54) is 276 Å². The molecule has 2 unspecified atom stereocenters. The average molecular weight is 1280 g/mol. The predicted octanol–water partition coefficient (Wildman–Crippen LogP) is 24.8. The molecule has 0 aliphatic carbocycles. The van der Waals surface area contributed by atoms with E-state index in [1.54, 1.807) is 0 Å². The molecule has 0 saturated heterocycles. The topological polar surface area (TPSA) is 108 Å². The zero-order valence-corrected chi connectivity index (χ0v) is 60.8. The Hall–Kier alpha value is -3.27. The van der Waals surface area contributed by atoms with E-state index < -0.39 is 18.4 Å². The van der Waals surface area contributed by atoms with Gasteiger partial charge in [-0.1, -0.05) is 350 Å². The lowest BCUT2D eigenvalue weighted by molar-refractivity contribution is -0.870. The lowest BCUT2D eigenvalue weighted by Gasteiger charge is -2.25. The van der Waals surface area contributed by atoms with Crippen LogP contribution in [-0.2, 0) is 33.3 Å². The van der Waals surface area contributed by atoms with Crippen molar-refractivity contribution in [1.82, 2.24) is 0 Å². The third-order valence-corrected chi connectivity index (χ3v) is 17.4. The molecule has 0 bridgehead atoms. The number of esters is 2. The van der Waals surface area contributed by atoms with Crippen molar-refractivity contribution in [2.45, 2.75) is 386 Å². The van der Waals surface area contributed by atoms with Crippen molar-refractivity contribution in [3.05, 3.63) is 72.9 Å². The molecular weight excluding hydrogens is 1130 g/mol. The van der Waals surface area contributed by atoms with Gasteiger partial charge in [0.1, 0.15) is 13.2 Å². The molecule has 9 nitrogen and oxygen atoms in total. The first-order chi connectivity index (χ1) is 44.6. The Morgan fingerprint density at radius 3 is 0.934 bits per heavy atom. The molecule has 0 aromatic carbocycles. The van der Waals surface area contributed by atoms with Gasteiger partial charge in [0.25, 0.3) is 6.29 Å². The number of quaternary nitrogens is 1. The van der Waals surface area contributed by atoms with Gasteiger partial charge in [0, 0.05) is 12.8 Å². The zero-order chi connectivity index (χ0) is 66.1. The number of carboxylic acids is 1. The number of carbonyl (C=O) groups excluding carboxylic acids is 2. The Labute approximate surface area is 564 Å². The number of hydrogen-bond acceptors (Lipinski definition) is 7. The van der Waals surface area contributed by atoms with Crippen LogP contribution < -0.4 is 0 Å². The average Bonchev–Trinajstić information content (AvgIpc) is 3.53. The summed E-state index contributed by atoms with van der Waals surface area (Å²) < 4.78 is 23.0. The number of likely N-dealkylation sites (N-methyl/N-ethyl adjacent to an activating group) is 1. The standard InChI is InChI=1S/C82H149NO8/c1-6-8-10-12-14-16-18-20-22-24-26-28-30-32-33-34-35-36-37-38-39-40-41-42-43-44-45-46-47-49-51-53-55-57-59-61-63-65-67-69-71-73-80(85)91-78(77-90-82(81(86)87)88-75-74-83(3,4)5)76-89-79(84)72-70-68-66-64-62-60-58-56-54-52-50-48-31-29-27-25-23-21-19-17-15-13-11-9-7-2/h8,10,14,16,19-22,25-28,78,82H,6-7,9,11-13,15,17-18,23-24,29-77H2,1-5H3/p+1/b10-8-,16-14-,21-19-,22-20-,27-25-,28-26-. The summed E-state index contributed by atoms with van der Waals surface area (Å²) in [7, 11) is 5.99. The third-order valence-electron chi connectivity index (χ3n) is 17.4. The molecule has 0 heterocycles. The Morgan fingerprint density at radius 2 is 0.626 bits per heavy atom. The Kier molecular flexibility index (Phi) is 69.9. The zero-order valence-electron chi connectivity index (χ0n) is 60.8. The summed E-state index contributed by atoms with van der Waals surface area (Å²) >= 11 is 0. The Morgan fingerprint density at radius 1 is 0.341 bits per heavy atom. The highest BCUT2D eigenvalue weighted by molar-refractivity contribution is 5.71. The van der Waals surface area contributed by atoms with E-state index in [9.17, 15) is 19.5 Å². The van der Waals surface area contributed by atoms with Crippen LogP contribution in [-0.4, -0.2) is 87.4 Å². The maximum absolute atomic E-state index is 13.0. The summed E-state index contributed by atoms with van der Waals surface area (Å²) in [6.07, 6.45) is 94.8. The molecule has 0 spiro atoms. The van der Waals surface area contributed by atoms with E-state index in [0.29, 0.717) is 17.4 Å². The largest absolute Gasteiger partial charge is 0.477 e. The molecule has 0 fully saturated rings. The number of carbonyl (C=O) groups is 3. The summed E-state index contributed by atoms with van der Waals surface area (Å²) in [6.45, 7) is 4.81. The molecule has 0 radical (unpaired) electrons. The predicted molar refractivity (Wildman–Crippen MR) is 392 cm³/mol. The van der Waals surface area contributed by atoms with Crippen molar-refractivity contribution in [3.63, 3.8) is 0 Å². The molecule has 0 aromatic heterocycles. The highest BCUT2D eigenvalue weighted by atomic mass is 16.7. The van der Waals surface area contributed by atoms with Crippen molar-refractivity contribution in [1.29, 1.82) is 0 Å². The highest BCUT2D eigenvalue weighted by Crippen LogP contribution is 2.19. The van der Waals surface area contributed by atoms with Crippen LogP contribution in [0.1, 0.15) is 373 Å². The van der Waals surface area contributed by atoms with E-state index in [1.807, 2.05) is 21.1 Å². The van der Waals surface area contributed by atoms with Gasteiger partial charge in [-0.3, -0.25) is 9.59 Å². The van der Waals surface area contributed by atoms with E-state index in [-0.39, 0.29) is 38.2 Å². The van der Waals surface area contributed by atoms with Gasteiger partial charge >= 0.3 is 17.9 Å². The number of carboxylic acid groups (broad SMARTS) is 1. The summed E-state index contributed by atoms with van der Waals surface area (Å²) in [5.74, 6) is -1.98. The lowest BCUT2D eigenvalue weighted by Crippen LogP contribution is -2.40. The molecule has 91 heavy (non-hydrogen) atoms. The normalized spacial score (nSPS) is 13.0. The highest BCUT2D eigenvalue weighted by Gasteiger charge is 2.25. The van der Waals surface area contributed by atoms with Gasteiger partial charge in [-0.2, -0.15) is 0 Å². The van der Waals surface area contributed by atoms with Crippen LogP contribution in [0.4, 0.5) is 0 Å². The van der Waals surface area contributed by atoms with Gasteiger partial charge < -0.3 is 28.5 Å². The van der Waals surface area contributed by atoms with Crippen molar-refractivity contribution in [2.24, 2.45) is 0 Å². The molecule has 0 rings (SSSR count). The summed E-state index contributed by atoms with van der Waals surface area (Å²) in [5, 5.41) is 9.76. The second-order valence-corrected chi connectivity index (χ2v) is 27.6. The second-order valence-electron chi connectivity index (χ2n) is 27.6. The summed E-state index contributed by atoms with van der Waals surface area (Å²) in [6, 6.07) is 0. The maximum Gasteiger partial charge on any atom is 0.361 e. The van der Waals surface area contributed by atoms with Crippen molar-refractivity contribution in [3.8, 4) is 0 Å². The van der Waals surface area contributed by atoms with Crippen LogP contribution in [0.25, 0.3) is 0 Å². The number of allylic oxidation sites excluding steroid dienone is 12. The molecule has 0 amide bonds. The monoisotopic (exact) mass is 1280 g/mol. The van der Waals surface area contributed by atoms with Crippen LogP contribution in [0, 0.1) is 0 Å². The minimum absolute atomic E-state index is 0.179. The number of unbranched alkanes of at least 4 members (excludes halogenated alkanes) is 46. The minimum atomic E-state index is -1.51. The number of nitrogens with zero attached hydrogens (tertiary/aromatic N) is 1. The minimum Gasteiger partial charge on any atom is -0.477 e. The van der Waals surface area contributed by atoms with Crippen molar-refractivity contribution >= 4 is 17.9 Å². The van der Waals surface area contributed by atoms with Crippen LogP contribution >= 0.6 is 0 Å². The van der Waals surface area contributed by atoms with Crippen molar-refractivity contribution in [2.75, 3.05) is 47.5 Å². The van der Waals surface area contributed by atoms with Gasteiger partial charge in [0.15, 0.2) is 6.10 Å². The number of aliphatic carboxylic acids is 1. The maximum atomic E-state index is 13.0. The number of rotatable bonds is 73. The molecule has 2 atom stereocenters. The van der Waals surface area contributed by atoms with E-state index in [4.69, 9.17) is 18.9 Å². The Balaban J connectivity index is 3.95. The van der Waals surface area contributed by atoms with Crippen LogP contribution in [0.3, 0.4) is 0 Å². The second kappa shape index (κ2) is 72.6. The van der Waals surface area contributed by atoms with Crippen LogP contribution in [0.15, 0.2) is 72.9 Å². The summed E-state index contributed by atoms with van der Waals surface area (Å²) in [5.41, 5.74) is 0. The number of ether oxygens (including phenoxy) is 4. The quantitative estimate of drug-likeness (QED) is 0.0211. The molecular formula is C82H150NO8+. The smallest absolute Gasteiger partial charge is 0.361 e. The third kappa shape index (κ3) is 74.0. The van der Waals surface area contributed by atoms with Gasteiger partial charge in [0.2, 0.25) is 0 Å². The molecule has 0 aliphatic heterocycles. The summed E-state index contributed by atoms with van der Waals surface area (Å²) in [4.78, 5) is 37.7. The van der Waals surface area contributed by atoms with E-state index in [0.717, 1.165) is 70.6 Å². The molecule has 0 aromatic rings. The molecule has 0 saturated carbocycles. The lowest BCUT2D eigenvalue weighted by atomic mass is 10.0. The van der Waals surface area contributed by atoms with Gasteiger partial charge in [-0.15, -0.1) is 0 Å². The first-order valence-electron chi connectivity index (χ1n) is 39.1. The Bertz CT molecular complexity index is 1730. The van der Waals surface area contributed by atoms with Gasteiger partial charge in [0.05, 0.1) is 34.4 Å². The molecule has 9 heteroatoms. The van der Waals surface area contributed by atoms with Gasteiger partial charge in [-0.25, -0.2) is 4.79 Å². The first-order valence-corrected chi connectivity index (χ1v) is 39.1. The fraction of sp³-hybridized carbons (Fsp3) is 0.817. The van der Waals surface area contributed by atoms with Gasteiger partial charge in [-0.05, 0) is 83.5 Å². The molecule has 530 valence electrons. The fourth-order valence-corrected chi connectivity index (χ4v) is 11.5. The first kappa shape index (κ1) is 87.7. The van der Waals surface area contributed by atoms with Crippen LogP contribution in [0.5, 0.6) is 0 Å². The van der Waals surface area contributed by atoms with Crippen molar-refractivity contribution < 1.29 is 42.9 Å². The van der Waals surface area contributed by atoms with E-state index in [2.05, 4.69) is 86.8 Å². The molecule has 0 aliphatic rings. The SMILES string of the molecule is CC/C=C\C/C=C\C/C=C\C/C=C\CCCCCCCCCCCCCCCCCCCCCCCCCCCCCCC(=O)OC(COC(=O)CCCCCCCCCCCCCCC/C=C\C/C=C\CCCCCCC)COC(OCC[N+](C)(C)C)C(=O)O. The molecule has 1 N–H and O–H groups in total. The fourth-order valence-electron chi connectivity index (χ4n) is 11.5. The van der Waals surface area contributed by atoms with E-state index >= 15 is 0 Å². The number of hydrogen-bond donors (Lipinski definition) is 1. The van der Waals surface area contributed by atoms with Crippen LogP contribution in [0.2, 0.25) is 0 Å².